The lowest BCUT2D eigenvalue weighted by atomic mass is 10.2. The number of hydrogen-bond acceptors (Lipinski definition) is 5. The summed E-state index contributed by atoms with van der Waals surface area (Å²) >= 11 is 0. The number of methoxy groups -OCH3 is 1. The topological polar surface area (TPSA) is 86.5 Å². The van der Waals surface area contributed by atoms with E-state index in [1.165, 1.54) is 6.20 Å². The second kappa shape index (κ2) is 6.71. The Balaban J connectivity index is 2.27. The molecule has 0 saturated heterocycles. The third-order valence-corrected chi connectivity index (χ3v) is 2.84. The van der Waals surface area contributed by atoms with Crippen molar-refractivity contribution in [3.05, 3.63) is 47.8 Å². The maximum atomic E-state index is 11.6. The van der Waals surface area contributed by atoms with Gasteiger partial charge in [0.2, 0.25) is 0 Å². The minimum Gasteiger partial charge on any atom is -0.497 e. The van der Waals surface area contributed by atoms with Crippen molar-refractivity contribution in [2.24, 2.45) is 5.73 Å². The number of carbonyl (C=O) groups excluding carboxylic acids is 1. The van der Waals surface area contributed by atoms with Gasteiger partial charge in [-0.3, -0.25) is 9.78 Å². The van der Waals surface area contributed by atoms with Crippen LogP contribution in [0.1, 0.15) is 16.1 Å². The van der Waals surface area contributed by atoms with E-state index in [0.717, 1.165) is 5.56 Å². The molecule has 6 heteroatoms. The van der Waals surface area contributed by atoms with E-state index in [0.29, 0.717) is 23.8 Å². The summed E-state index contributed by atoms with van der Waals surface area (Å²) in [5, 5.41) is 2.52. The van der Waals surface area contributed by atoms with Gasteiger partial charge in [0, 0.05) is 31.9 Å². The molecule has 1 heterocycles. The van der Waals surface area contributed by atoms with Gasteiger partial charge in [-0.15, -0.1) is 0 Å². The van der Waals surface area contributed by atoms with Crippen molar-refractivity contribution >= 4 is 5.91 Å². The zero-order valence-electron chi connectivity index (χ0n) is 11.9. The summed E-state index contributed by atoms with van der Waals surface area (Å²) in [7, 11) is 3.13. The van der Waals surface area contributed by atoms with Gasteiger partial charge in [-0.05, 0) is 23.8 Å². The fraction of sp³-hybridized carbons (Fsp3) is 0.200. The number of ether oxygens (including phenoxy) is 2. The van der Waals surface area contributed by atoms with Gasteiger partial charge in [-0.1, -0.05) is 0 Å². The van der Waals surface area contributed by atoms with E-state index >= 15 is 0 Å². The maximum absolute atomic E-state index is 11.6. The number of nitrogens with zero attached hydrogens (tertiary/aromatic N) is 1. The van der Waals surface area contributed by atoms with Gasteiger partial charge in [-0.2, -0.15) is 0 Å². The van der Waals surface area contributed by atoms with Crippen LogP contribution in [0.25, 0.3) is 0 Å². The van der Waals surface area contributed by atoms with Gasteiger partial charge in [-0.25, -0.2) is 0 Å². The molecule has 0 fully saturated rings. The van der Waals surface area contributed by atoms with Crippen LogP contribution in [-0.4, -0.2) is 25.0 Å². The van der Waals surface area contributed by atoms with Gasteiger partial charge < -0.3 is 20.5 Å². The van der Waals surface area contributed by atoms with Crippen molar-refractivity contribution in [3.63, 3.8) is 0 Å². The molecule has 1 aromatic heterocycles. The quantitative estimate of drug-likeness (QED) is 0.874. The second-order valence-corrected chi connectivity index (χ2v) is 4.28. The van der Waals surface area contributed by atoms with Gasteiger partial charge in [0.15, 0.2) is 0 Å². The molecule has 0 aliphatic heterocycles. The molecular formula is C15H17N3O3. The Morgan fingerprint density at radius 1 is 1.24 bits per heavy atom. The van der Waals surface area contributed by atoms with E-state index in [4.69, 9.17) is 15.2 Å². The van der Waals surface area contributed by atoms with Crippen molar-refractivity contribution in [3.8, 4) is 17.2 Å². The molecular weight excluding hydrogens is 270 g/mol. The summed E-state index contributed by atoms with van der Waals surface area (Å²) in [5.41, 5.74) is 6.83. The van der Waals surface area contributed by atoms with Crippen LogP contribution in [0.5, 0.6) is 17.2 Å². The number of nitrogens with one attached hydrogen (secondary N) is 1. The van der Waals surface area contributed by atoms with Crippen molar-refractivity contribution in [2.45, 2.75) is 6.54 Å². The molecule has 0 saturated carbocycles. The van der Waals surface area contributed by atoms with E-state index in [1.54, 1.807) is 32.4 Å². The molecule has 6 nitrogen and oxygen atoms in total. The molecule has 3 N–H and O–H groups in total. The Morgan fingerprint density at radius 3 is 2.67 bits per heavy atom. The van der Waals surface area contributed by atoms with Crippen LogP contribution in [0.15, 0.2) is 36.5 Å². The average Bonchev–Trinajstić information content (AvgIpc) is 2.53. The molecule has 0 unspecified atom stereocenters. The normalized spacial score (nSPS) is 10.0. The van der Waals surface area contributed by atoms with Gasteiger partial charge in [0.1, 0.15) is 22.9 Å². The molecule has 1 amide bonds. The monoisotopic (exact) mass is 287 g/mol. The Bertz CT molecular complexity index is 622. The van der Waals surface area contributed by atoms with E-state index in [-0.39, 0.29) is 11.6 Å². The minimum atomic E-state index is -0.270. The molecule has 0 spiro atoms. The van der Waals surface area contributed by atoms with Crippen LogP contribution >= 0.6 is 0 Å². The molecule has 2 rings (SSSR count). The van der Waals surface area contributed by atoms with Crippen LogP contribution in [0, 0.1) is 0 Å². The number of hydrogen-bond donors (Lipinski definition) is 2. The zero-order valence-corrected chi connectivity index (χ0v) is 11.9. The third-order valence-electron chi connectivity index (χ3n) is 2.84. The predicted molar refractivity (Wildman–Crippen MR) is 78.6 cm³/mol. The number of rotatable bonds is 5. The van der Waals surface area contributed by atoms with Crippen LogP contribution < -0.4 is 20.5 Å². The number of carbonyl (C=O) groups is 1. The van der Waals surface area contributed by atoms with Crippen LogP contribution in [0.3, 0.4) is 0 Å². The van der Waals surface area contributed by atoms with Crippen molar-refractivity contribution < 1.29 is 14.3 Å². The molecule has 0 radical (unpaired) electrons. The highest BCUT2D eigenvalue weighted by atomic mass is 16.5. The second-order valence-electron chi connectivity index (χ2n) is 4.28. The molecule has 1 aromatic carbocycles. The lowest BCUT2D eigenvalue weighted by Crippen LogP contribution is -2.18. The summed E-state index contributed by atoms with van der Waals surface area (Å²) in [6, 6.07) is 8.66. The first kappa shape index (κ1) is 14.8. The zero-order chi connectivity index (χ0) is 15.2. The highest BCUT2D eigenvalue weighted by Gasteiger charge is 2.08. The van der Waals surface area contributed by atoms with Gasteiger partial charge in [0.25, 0.3) is 5.91 Å². The smallest absolute Gasteiger partial charge is 0.269 e. The SMILES string of the molecule is CNC(=O)c1cc(Oc2cc(CN)cc(OC)c2)ccn1. The van der Waals surface area contributed by atoms with Crippen molar-refractivity contribution in [1.29, 1.82) is 0 Å². The van der Waals surface area contributed by atoms with E-state index < -0.39 is 0 Å². The van der Waals surface area contributed by atoms with Gasteiger partial charge in [0.05, 0.1) is 7.11 Å². The Hall–Kier alpha value is -2.60. The largest absolute Gasteiger partial charge is 0.497 e. The summed E-state index contributed by atoms with van der Waals surface area (Å²) in [4.78, 5) is 15.5. The van der Waals surface area contributed by atoms with Crippen LogP contribution in [-0.2, 0) is 6.54 Å². The standard InChI is InChI=1S/C15H17N3O3/c1-17-15(19)14-8-11(3-4-18-14)21-13-6-10(9-16)5-12(7-13)20-2/h3-8H,9,16H2,1-2H3,(H,17,19). The van der Waals surface area contributed by atoms with Crippen molar-refractivity contribution in [2.75, 3.05) is 14.2 Å². The predicted octanol–water partition coefficient (Wildman–Crippen LogP) is 1.70. The molecule has 0 bridgehead atoms. The lowest BCUT2D eigenvalue weighted by Gasteiger charge is -2.10. The first-order chi connectivity index (χ1) is 10.2. The number of benzene rings is 1. The molecule has 0 aliphatic carbocycles. The summed E-state index contributed by atoms with van der Waals surface area (Å²) in [6.07, 6.45) is 1.52. The third kappa shape index (κ3) is 3.70. The molecule has 2 aromatic rings. The number of pyridine rings is 1. The fourth-order valence-electron chi connectivity index (χ4n) is 1.79. The molecule has 110 valence electrons. The first-order valence-corrected chi connectivity index (χ1v) is 6.40. The average molecular weight is 287 g/mol. The Morgan fingerprint density at radius 2 is 2.00 bits per heavy atom. The Kier molecular flexibility index (Phi) is 4.73. The number of aromatic nitrogens is 1. The van der Waals surface area contributed by atoms with Gasteiger partial charge >= 0.3 is 0 Å². The summed E-state index contributed by atoms with van der Waals surface area (Å²) in [6.45, 7) is 0.382. The highest BCUT2D eigenvalue weighted by molar-refractivity contribution is 5.92. The fourth-order valence-corrected chi connectivity index (χ4v) is 1.79. The number of amides is 1. The Labute approximate surface area is 122 Å². The minimum absolute atomic E-state index is 0.270. The lowest BCUT2D eigenvalue weighted by molar-refractivity contribution is 0.0958. The number of nitrogens with two attached hydrogens (primary N) is 1. The summed E-state index contributed by atoms with van der Waals surface area (Å²) < 4.78 is 10.9. The van der Waals surface area contributed by atoms with Crippen molar-refractivity contribution in [1.82, 2.24) is 10.3 Å². The summed E-state index contributed by atoms with van der Waals surface area (Å²) in [5.74, 6) is 1.49. The van der Waals surface area contributed by atoms with E-state index in [9.17, 15) is 4.79 Å². The van der Waals surface area contributed by atoms with Crippen LogP contribution in [0.4, 0.5) is 0 Å². The first-order valence-electron chi connectivity index (χ1n) is 6.40. The molecule has 0 atom stereocenters. The van der Waals surface area contributed by atoms with E-state index in [2.05, 4.69) is 10.3 Å². The van der Waals surface area contributed by atoms with Crippen LogP contribution in [0.2, 0.25) is 0 Å². The highest BCUT2D eigenvalue weighted by Crippen LogP contribution is 2.27. The maximum Gasteiger partial charge on any atom is 0.269 e. The van der Waals surface area contributed by atoms with E-state index in [1.807, 2.05) is 12.1 Å². The molecule has 21 heavy (non-hydrogen) atoms. The molecule has 0 aliphatic rings.